The van der Waals surface area contributed by atoms with E-state index in [9.17, 15) is 29.7 Å². The second-order valence-corrected chi connectivity index (χ2v) is 11.9. The summed E-state index contributed by atoms with van der Waals surface area (Å²) in [5.41, 5.74) is 0.754. The summed E-state index contributed by atoms with van der Waals surface area (Å²) in [7, 11) is 0. The lowest BCUT2D eigenvalue weighted by molar-refractivity contribution is -0.150. The summed E-state index contributed by atoms with van der Waals surface area (Å²) >= 11 is 0. The summed E-state index contributed by atoms with van der Waals surface area (Å²) in [6, 6.07) is 8.83. The Hall–Kier alpha value is -2.57. The fourth-order valence-corrected chi connectivity index (χ4v) is 8.48. The van der Waals surface area contributed by atoms with Gasteiger partial charge in [-0.1, -0.05) is 49.8 Å². The maximum Gasteiger partial charge on any atom is 0.334 e. The number of aliphatic carboxylic acids is 1. The molecule has 6 heteroatoms. The minimum absolute atomic E-state index is 0.0509. The van der Waals surface area contributed by atoms with E-state index in [4.69, 9.17) is 0 Å². The van der Waals surface area contributed by atoms with Gasteiger partial charge >= 0.3 is 5.97 Å². The molecule has 3 fully saturated rings. The van der Waals surface area contributed by atoms with Crippen molar-refractivity contribution in [1.29, 1.82) is 0 Å². The number of Topliss-reactive ketones (excluding diaryl/α,β-unsaturated/α-hetero) is 1. The van der Waals surface area contributed by atoms with Crippen molar-refractivity contribution in [3.8, 4) is 0 Å². The average Bonchev–Trinajstić information content (AvgIpc) is 3.18. The van der Waals surface area contributed by atoms with Gasteiger partial charge in [-0.25, -0.2) is 4.79 Å². The number of benzene rings is 1. The van der Waals surface area contributed by atoms with Crippen LogP contribution in [-0.4, -0.2) is 45.1 Å². The molecule has 36 heavy (non-hydrogen) atoms. The van der Waals surface area contributed by atoms with Crippen LogP contribution in [0.25, 0.3) is 6.08 Å². The molecular formula is C30H36O6. The van der Waals surface area contributed by atoms with Crippen molar-refractivity contribution in [1.82, 2.24) is 0 Å². The summed E-state index contributed by atoms with van der Waals surface area (Å²) in [4.78, 5) is 37.8. The Morgan fingerprint density at radius 2 is 1.81 bits per heavy atom. The summed E-state index contributed by atoms with van der Waals surface area (Å²) in [5.74, 6) is -1.60. The molecule has 8 atom stereocenters. The molecule has 3 N–H and O–H groups in total. The van der Waals surface area contributed by atoms with E-state index in [0.717, 1.165) is 25.7 Å². The monoisotopic (exact) mass is 492 g/mol. The lowest BCUT2D eigenvalue weighted by Crippen LogP contribution is -2.57. The molecule has 4 aliphatic carbocycles. The Bertz CT molecular complexity index is 1140. The second kappa shape index (κ2) is 9.07. The summed E-state index contributed by atoms with van der Waals surface area (Å²) in [6.07, 6.45) is 5.70. The fraction of sp³-hybridized carbons (Fsp3) is 0.567. The van der Waals surface area contributed by atoms with Gasteiger partial charge in [-0.15, -0.1) is 0 Å². The van der Waals surface area contributed by atoms with Gasteiger partial charge < -0.3 is 15.3 Å². The van der Waals surface area contributed by atoms with E-state index in [1.54, 1.807) is 24.3 Å². The Balaban J connectivity index is 1.42. The van der Waals surface area contributed by atoms with Gasteiger partial charge in [-0.2, -0.15) is 0 Å². The van der Waals surface area contributed by atoms with Crippen molar-refractivity contribution < 1.29 is 29.7 Å². The molecule has 192 valence electrons. The van der Waals surface area contributed by atoms with Crippen molar-refractivity contribution >= 4 is 23.6 Å². The van der Waals surface area contributed by atoms with Crippen LogP contribution in [0.4, 0.5) is 0 Å². The molecule has 0 aliphatic heterocycles. The molecule has 0 saturated heterocycles. The number of carboxylic acid groups (broad SMARTS) is 1. The first-order chi connectivity index (χ1) is 17.1. The van der Waals surface area contributed by atoms with Crippen LogP contribution >= 0.6 is 0 Å². The first-order valence-electron chi connectivity index (χ1n) is 13.2. The molecule has 0 radical (unpaired) electrons. The van der Waals surface area contributed by atoms with E-state index >= 15 is 0 Å². The molecule has 0 spiro atoms. The van der Waals surface area contributed by atoms with Crippen LogP contribution in [0.5, 0.6) is 0 Å². The number of hydrogen-bond donors (Lipinski definition) is 3. The van der Waals surface area contributed by atoms with Crippen LogP contribution in [-0.2, 0) is 14.4 Å². The van der Waals surface area contributed by atoms with Gasteiger partial charge in [0.25, 0.3) is 0 Å². The van der Waals surface area contributed by atoms with Crippen LogP contribution < -0.4 is 0 Å². The lowest BCUT2D eigenvalue weighted by atomic mass is 9.46. The minimum Gasteiger partial charge on any atom is -0.478 e. The zero-order valence-corrected chi connectivity index (χ0v) is 21.0. The predicted molar refractivity (Wildman–Crippen MR) is 135 cm³/mol. The van der Waals surface area contributed by atoms with E-state index in [2.05, 4.69) is 13.8 Å². The van der Waals surface area contributed by atoms with Crippen molar-refractivity contribution in [2.45, 2.75) is 71.0 Å². The maximum absolute atomic E-state index is 13.7. The molecule has 6 nitrogen and oxygen atoms in total. The van der Waals surface area contributed by atoms with Crippen LogP contribution in [0, 0.1) is 34.5 Å². The topological polar surface area (TPSA) is 112 Å². The molecular weight excluding hydrogens is 456 g/mol. The molecule has 0 amide bonds. The van der Waals surface area contributed by atoms with Gasteiger partial charge in [-0.05, 0) is 84.8 Å². The highest BCUT2D eigenvalue weighted by molar-refractivity contribution is 6.03. The molecule has 4 aliphatic rings. The van der Waals surface area contributed by atoms with E-state index in [0.29, 0.717) is 24.8 Å². The van der Waals surface area contributed by atoms with Crippen molar-refractivity contribution in [2.24, 2.45) is 34.5 Å². The number of carbonyl (C=O) groups excluding carboxylic acids is 2. The molecule has 0 aromatic heterocycles. The third-order valence-corrected chi connectivity index (χ3v) is 10.2. The smallest absolute Gasteiger partial charge is 0.334 e. The van der Waals surface area contributed by atoms with Crippen LogP contribution in [0.3, 0.4) is 0 Å². The number of rotatable bonds is 5. The predicted octanol–water partition coefficient (Wildman–Crippen LogP) is 4.20. The molecule has 1 unspecified atom stereocenters. The van der Waals surface area contributed by atoms with Crippen LogP contribution in [0.1, 0.15) is 64.4 Å². The summed E-state index contributed by atoms with van der Waals surface area (Å²) in [5, 5.41) is 32.3. The van der Waals surface area contributed by atoms with Gasteiger partial charge in [0.2, 0.25) is 0 Å². The molecule has 1 aromatic rings. The number of aliphatic hydroxyl groups excluding tert-OH is 2. The van der Waals surface area contributed by atoms with Gasteiger partial charge in [0.05, 0.1) is 11.7 Å². The van der Waals surface area contributed by atoms with Crippen LogP contribution in [0.15, 0.2) is 47.6 Å². The van der Waals surface area contributed by atoms with E-state index in [1.807, 2.05) is 12.1 Å². The quantitative estimate of drug-likeness (QED) is 0.531. The van der Waals surface area contributed by atoms with Crippen LogP contribution in [0.2, 0.25) is 0 Å². The Labute approximate surface area is 212 Å². The lowest BCUT2D eigenvalue weighted by Gasteiger charge is -2.59. The standard InChI is InChI=1S/C30H36O6/c1-29-13-12-19(31)15-18(29)8-9-20-22-10-11-23(30(22,2)16-24(32)25(20)29)27(34)26(33)21(28(35)36)14-17-6-4-3-5-7-17/h3-7,14-15,20,22-26,32-33H,8-13,16H2,1-2H3,(H,35,36)/t20-,22-,23+,24-,25+,26?,29-,30-/m0/s1. The fourth-order valence-electron chi connectivity index (χ4n) is 8.48. The van der Waals surface area contributed by atoms with Crippen molar-refractivity contribution in [2.75, 3.05) is 0 Å². The highest BCUT2D eigenvalue weighted by Gasteiger charge is 2.63. The number of allylic oxidation sites excluding steroid dienone is 1. The second-order valence-electron chi connectivity index (χ2n) is 11.9. The molecule has 1 aromatic carbocycles. The zero-order chi connectivity index (χ0) is 25.8. The first kappa shape index (κ1) is 25.1. The highest BCUT2D eigenvalue weighted by Crippen LogP contribution is 2.66. The van der Waals surface area contributed by atoms with Gasteiger partial charge in [0.1, 0.15) is 6.10 Å². The van der Waals surface area contributed by atoms with Crippen molar-refractivity contribution in [3.63, 3.8) is 0 Å². The van der Waals surface area contributed by atoms with E-state index in [1.165, 1.54) is 11.6 Å². The number of carboxylic acids is 1. The van der Waals surface area contributed by atoms with Gasteiger partial charge in [0.15, 0.2) is 11.6 Å². The maximum atomic E-state index is 13.7. The Kier molecular flexibility index (Phi) is 6.32. The molecule has 5 rings (SSSR count). The molecule has 0 heterocycles. The van der Waals surface area contributed by atoms with Gasteiger partial charge in [-0.3, -0.25) is 9.59 Å². The molecule has 0 bridgehead atoms. The first-order valence-corrected chi connectivity index (χ1v) is 13.2. The Morgan fingerprint density at radius 3 is 2.50 bits per heavy atom. The van der Waals surface area contributed by atoms with E-state index < -0.39 is 35.3 Å². The summed E-state index contributed by atoms with van der Waals surface area (Å²) in [6.45, 7) is 4.25. The minimum atomic E-state index is -1.72. The third-order valence-electron chi connectivity index (χ3n) is 10.2. The number of ketones is 2. The van der Waals surface area contributed by atoms with E-state index in [-0.39, 0.29) is 34.5 Å². The number of carbonyl (C=O) groups is 3. The largest absolute Gasteiger partial charge is 0.478 e. The van der Waals surface area contributed by atoms with Gasteiger partial charge in [0, 0.05) is 12.3 Å². The summed E-state index contributed by atoms with van der Waals surface area (Å²) < 4.78 is 0. The van der Waals surface area contributed by atoms with Crippen molar-refractivity contribution in [3.05, 3.63) is 53.1 Å². The zero-order valence-electron chi connectivity index (χ0n) is 21.0. The Morgan fingerprint density at radius 1 is 1.08 bits per heavy atom. The average molecular weight is 493 g/mol. The third kappa shape index (κ3) is 3.90. The molecule has 3 saturated carbocycles. The SMILES string of the molecule is C[C@]12C[C@H](O)[C@H]3[C@@H](CCC4=CC(=O)CC[C@@]43C)[C@@H]1CC[C@@H]2C(=O)C(O)C(=Cc1ccccc1)C(=O)O. The number of fused-ring (bicyclic) bond motifs is 5. The number of aliphatic hydroxyl groups is 2. The number of hydrogen-bond acceptors (Lipinski definition) is 5. The normalized spacial score (nSPS) is 38.9. The highest BCUT2D eigenvalue weighted by atomic mass is 16.4.